The van der Waals surface area contributed by atoms with E-state index in [1.807, 2.05) is 0 Å². The van der Waals surface area contributed by atoms with Gasteiger partial charge in [0.15, 0.2) is 12.2 Å². The lowest BCUT2D eigenvalue weighted by molar-refractivity contribution is 0.0967. The van der Waals surface area contributed by atoms with E-state index in [1.165, 1.54) is 12.6 Å². The lowest BCUT2D eigenvalue weighted by Gasteiger charge is -1.91. The first-order valence-electron chi connectivity index (χ1n) is 2.91. The van der Waals surface area contributed by atoms with Crippen LogP contribution in [-0.4, -0.2) is 24.4 Å². The highest BCUT2D eigenvalue weighted by Crippen LogP contribution is 1.95. The number of nitrogens with one attached hydrogen (secondary N) is 1. The molecule has 4 heteroatoms. The van der Waals surface area contributed by atoms with Crippen molar-refractivity contribution in [2.45, 2.75) is 0 Å². The molecule has 0 fully saturated rings. The van der Waals surface area contributed by atoms with Gasteiger partial charge < -0.3 is 9.73 Å². The molecule has 0 aliphatic rings. The zero-order chi connectivity index (χ0) is 7.40. The van der Waals surface area contributed by atoms with E-state index in [-0.39, 0.29) is 12.3 Å². The topological polar surface area (TPSA) is 55.1 Å². The number of nitrogens with zero attached hydrogens (tertiary/aromatic N) is 1. The lowest BCUT2D eigenvalue weighted by Crippen LogP contribution is -2.17. The third-order valence-corrected chi connectivity index (χ3v) is 1.04. The van der Waals surface area contributed by atoms with Gasteiger partial charge in [-0.25, -0.2) is 4.98 Å². The second kappa shape index (κ2) is 3.12. The Labute approximate surface area is 58.3 Å². The normalized spacial score (nSPS) is 9.70. The molecule has 1 aromatic rings. The van der Waals surface area contributed by atoms with Gasteiger partial charge in [-0.05, 0) is 7.05 Å². The second-order valence-corrected chi connectivity index (χ2v) is 1.82. The molecule has 0 aliphatic heterocycles. The highest BCUT2D eigenvalue weighted by atomic mass is 16.3. The molecule has 10 heavy (non-hydrogen) atoms. The number of carbonyl (C=O) groups is 1. The summed E-state index contributed by atoms with van der Waals surface area (Å²) >= 11 is 0. The van der Waals surface area contributed by atoms with E-state index in [0.717, 1.165) is 0 Å². The molecule has 0 unspecified atom stereocenters. The molecule has 0 radical (unpaired) electrons. The van der Waals surface area contributed by atoms with Crippen molar-refractivity contribution in [1.29, 1.82) is 0 Å². The molecule has 54 valence electrons. The minimum atomic E-state index is -0.0833. The van der Waals surface area contributed by atoms with Crippen molar-refractivity contribution in [3.8, 4) is 0 Å². The molecule has 0 saturated carbocycles. The van der Waals surface area contributed by atoms with E-state index < -0.39 is 0 Å². The molecule has 0 amide bonds. The summed E-state index contributed by atoms with van der Waals surface area (Å²) in [7, 11) is 1.70. The number of Topliss-reactive ketones (excluding diaryl/α,β-unsaturated/α-hetero) is 1. The summed E-state index contributed by atoms with van der Waals surface area (Å²) in [5.74, 6) is 0.217. The van der Waals surface area contributed by atoms with Gasteiger partial charge in [0.1, 0.15) is 0 Å². The van der Waals surface area contributed by atoms with E-state index in [1.54, 1.807) is 7.05 Å². The van der Waals surface area contributed by atoms with Crippen LogP contribution in [0, 0.1) is 0 Å². The number of aromatic nitrogens is 1. The first kappa shape index (κ1) is 6.95. The minimum Gasteiger partial charge on any atom is -0.440 e. The fourth-order valence-corrected chi connectivity index (χ4v) is 0.601. The van der Waals surface area contributed by atoms with Crippen LogP contribution in [0.2, 0.25) is 0 Å². The summed E-state index contributed by atoms with van der Waals surface area (Å²) in [4.78, 5) is 14.5. The van der Waals surface area contributed by atoms with Crippen molar-refractivity contribution in [1.82, 2.24) is 10.3 Å². The molecular formula is C6H8N2O2. The number of likely N-dealkylation sites (N-methyl/N-ethyl adjacent to an activating group) is 1. The fourth-order valence-electron chi connectivity index (χ4n) is 0.601. The van der Waals surface area contributed by atoms with E-state index in [0.29, 0.717) is 5.76 Å². The van der Waals surface area contributed by atoms with E-state index in [2.05, 4.69) is 10.3 Å². The van der Waals surface area contributed by atoms with Crippen LogP contribution in [0.25, 0.3) is 0 Å². The Bertz CT molecular complexity index is 206. The summed E-state index contributed by atoms with van der Waals surface area (Å²) < 4.78 is 4.75. The number of carbonyl (C=O) groups excluding carboxylic acids is 1. The quantitative estimate of drug-likeness (QED) is 0.604. The van der Waals surface area contributed by atoms with Crippen molar-refractivity contribution in [3.63, 3.8) is 0 Å². The van der Waals surface area contributed by atoms with E-state index in [4.69, 9.17) is 4.42 Å². The summed E-state index contributed by atoms with van der Waals surface area (Å²) in [5.41, 5.74) is 0. The number of hydrogen-bond acceptors (Lipinski definition) is 4. The van der Waals surface area contributed by atoms with Crippen molar-refractivity contribution in [2.75, 3.05) is 13.6 Å². The number of rotatable bonds is 3. The monoisotopic (exact) mass is 140 g/mol. The molecule has 0 atom stereocenters. The van der Waals surface area contributed by atoms with E-state index in [9.17, 15) is 4.79 Å². The van der Waals surface area contributed by atoms with Crippen LogP contribution < -0.4 is 5.32 Å². The zero-order valence-electron chi connectivity index (χ0n) is 5.63. The third-order valence-electron chi connectivity index (χ3n) is 1.04. The summed E-state index contributed by atoms with van der Waals surface area (Å²) in [5, 5.41) is 2.72. The second-order valence-electron chi connectivity index (χ2n) is 1.82. The SMILES string of the molecule is CNCC(=O)c1cnco1. The predicted octanol–water partition coefficient (Wildman–Crippen LogP) is 0.0767. The maximum absolute atomic E-state index is 10.9. The zero-order valence-corrected chi connectivity index (χ0v) is 5.63. The summed E-state index contributed by atoms with van der Waals surface area (Å²) in [6, 6.07) is 0. The molecule has 1 N–H and O–H groups in total. The molecule has 0 bridgehead atoms. The van der Waals surface area contributed by atoms with Crippen molar-refractivity contribution < 1.29 is 9.21 Å². The maximum Gasteiger partial charge on any atom is 0.213 e. The van der Waals surface area contributed by atoms with Crippen LogP contribution in [0.5, 0.6) is 0 Å². The van der Waals surface area contributed by atoms with Gasteiger partial charge in [-0.1, -0.05) is 0 Å². The highest BCUT2D eigenvalue weighted by Gasteiger charge is 2.06. The summed E-state index contributed by atoms with van der Waals surface area (Å²) in [6.07, 6.45) is 2.64. The average molecular weight is 140 g/mol. The first-order valence-corrected chi connectivity index (χ1v) is 2.91. The molecule has 0 saturated heterocycles. The van der Waals surface area contributed by atoms with Crippen molar-refractivity contribution in [2.24, 2.45) is 0 Å². The van der Waals surface area contributed by atoms with Gasteiger partial charge in [0.2, 0.25) is 5.78 Å². The van der Waals surface area contributed by atoms with Crippen molar-refractivity contribution >= 4 is 5.78 Å². The van der Waals surface area contributed by atoms with Gasteiger partial charge in [0.25, 0.3) is 0 Å². The summed E-state index contributed by atoms with van der Waals surface area (Å²) in [6.45, 7) is 0.287. The van der Waals surface area contributed by atoms with Crippen LogP contribution in [0.3, 0.4) is 0 Å². The molecule has 0 spiro atoms. The Kier molecular flexibility index (Phi) is 2.17. The Morgan fingerprint density at radius 1 is 1.90 bits per heavy atom. The van der Waals surface area contributed by atoms with Crippen LogP contribution in [0.15, 0.2) is 17.0 Å². The van der Waals surface area contributed by atoms with Gasteiger partial charge in [0.05, 0.1) is 12.7 Å². The molecule has 1 rings (SSSR count). The number of ketones is 1. The minimum absolute atomic E-state index is 0.0833. The van der Waals surface area contributed by atoms with Crippen LogP contribution >= 0.6 is 0 Å². The van der Waals surface area contributed by atoms with Crippen molar-refractivity contribution in [3.05, 3.63) is 18.4 Å². The lowest BCUT2D eigenvalue weighted by atomic mass is 10.3. The number of oxazole rings is 1. The fraction of sp³-hybridized carbons (Fsp3) is 0.333. The van der Waals surface area contributed by atoms with Crippen LogP contribution in [0.1, 0.15) is 10.6 Å². The molecular weight excluding hydrogens is 132 g/mol. The van der Waals surface area contributed by atoms with Crippen LogP contribution in [0.4, 0.5) is 0 Å². The maximum atomic E-state index is 10.9. The Morgan fingerprint density at radius 3 is 3.20 bits per heavy atom. The van der Waals surface area contributed by atoms with Gasteiger partial charge in [-0.3, -0.25) is 4.79 Å². The molecule has 4 nitrogen and oxygen atoms in total. The van der Waals surface area contributed by atoms with Gasteiger partial charge in [-0.2, -0.15) is 0 Å². The van der Waals surface area contributed by atoms with Gasteiger partial charge in [0, 0.05) is 0 Å². The standard InChI is InChI=1S/C6H8N2O2/c1-7-2-5(9)6-3-8-4-10-6/h3-4,7H,2H2,1H3. The van der Waals surface area contributed by atoms with E-state index >= 15 is 0 Å². The average Bonchev–Trinajstić information content (AvgIpc) is 2.38. The molecule has 0 aromatic carbocycles. The van der Waals surface area contributed by atoms with Gasteiger partial charge in [-0.15, -0.1) is 0 Å². The first-order chi connectivity index (χ1) is 4.84. The van der Waals surface area contributed by atoms with Crippen LogP contribution in [-0.2, 0) is 0 Å². The predicted molar refractivity (Wildman–Crippen MR) is 34.8 cm³/mol. The number of hydrogen-bond donors (Lipinski definition) is 1. The largest absolute Gasteiger partial charge is 0.440 e. The molecule has 0 aliphatic carbocycles. The Morgan fingerprint density at radius 2 is 2.70 bits per heavy atom. The Hall–Kier alpha value is -1.16. The molecule has 1 aromatic heterocycles. The smallest absolute Gasteiger partial charge is 0.213 e. The third kappa shape index (κ3) is 1.41. The van der Waals surface area contributed by atoms with Gasteiger partial charge >= 0.3 is 0 Å². The molecule has 1 heterocycles. The highest BCUT2D eigenvalue weighted by molar-refractivity contribution is 5.94. The Balaban J connectivity index is 2.59.